The Morgan fingerprint density at radius 1 is 1.24 bits per heavy atom. The lowest BCUT2D eigenvalue weighted by atomic mass is 10.1. The van der Waals surface area contributed by atoms with Gasteiger partial charge in [-0.25, -0.2) is 4.79 Å². The second kappa shape index (κ2) is 8.91. The number of H-pyrrole nitrogens is 2. The van der Waals surface area contributed by atoms with Gasteiger partial charge in [-0.1, -0.05) is 25.8 Å². The zero-order chi connectivity index (χ0) is 15.7. The predicted octanol–water partition coefficient (Wildman–Crippen LogP) is 0.491. The first-order valence-electron chi connectivity index (χ1n) is 7.06. The maximum absolute atomic E-state index is 11.9. The van der Waals surface area contributed by atoms with Gasteiger partial charge in [-0.3, -0.25) is 14.6 Å². The van der Waals surface area contributed by atoms with Crippen molar-refractivity contribution in [3.8, 4) is 0 Å². The Labute approximate surface area is 122 Å². The average Bonchev–Trinajstić information content (AvgIpc) is 2.47. The van der Waals surface area contributed by atoms with E-state index in [4.69, 9.17) is 5.73 Å². The molecular formula is C14H22N4O3. The van der Waals surface area contributed by atoms with Crippen molar-refractivity contribution in [2.75, 3.05) is 18.0 Å². The molecule has 0 saturated heterocycles. The number of carbonyl (C=O) groups is 1. The third-order valence-electron chi connectivity index (χ3n) is 3.12. The van der Waals surface area contributed by atoms with Gasteiger partial charge in [0.2, 0.25) is 0 Å². The maximum atomic E-state index is 11.9. The highest BCUT2D eigenvalue weighted by Crippen LogP contribution is 2.10. The van der Waals surface area contributed by atoms with Gasteiger partial charge in [-0.2, -0.15) is 0 Å². The molecule has 0 saturated carbocycles. The van der Waals surface area contributed by atoms with Gasteiger partial charge >= 0.3 is 5.69 Å². The lowest BCUT2D eigenvalue weighted by Crippen LogP contribution is -2.37. The quantitative estimate of drug-likeness (QED) is 0.454. The third kappa shape index (κ3) is 5.39. The molecule has 7 nitrogen and oxygen atoms in total. The standard InChI is InChI=1S/C14H22N4O3/c1-2-12(19)18(9-7-5-3-4-6-8-15)11-10-16-14(21)17-13(11)20/h2,10H,1,3-9,15H2,(H2,16,17,20,21). The summed E-state index contributed by atoms with van der Waals surface area (Å²) in [5, 5.41) is 0. The third-order valence-corrected chi connectivity index (χ3v) is 3.12. The number of aromatic amines is 2. The summed E-state index contributed by atoms with van der Waals surface area (Å²) in [4.78, 5) is 40.4. The van der Waals surface area contributed by atoms with Crippen LogP contribution in [0.4, 0.5) is 5.69 Å². The number of nitrogens with one attached hydrogen (secondary N) is 2. The summed E-state index contributed by atoms with van der Waals surface area (Å²) >= 11 is 0. The highest BCUT2D eigenvalue weighted by Gasteiger charge is 2.16. The highest BCUT2D eigenvalue weighted by molar-refractivity contribution is 6.00. The molecule has 0 unspecified atom stereocenters. The molecule has 0 aliphatic carbocycles. The number of amides is 1. The second-order valence-corrected chi connectivity index (χ2v) is 4.71. The van der Waals surface area contributed by atoms with Crippen molar-refractivity contribution in [1.29, 1.82) is 0 Å². The summed E-state index contributed by atoms with van der Waals surface area (Å²) in [6, 6.07) is 0. The van der Waals surface area contributed by atoms with Crippen LogP contribution >= 0.6 is 0 Å². The first-order valence-corrected chi connectivity index (χ1v) is 7.06. The Morgan fingerprint density at radius 3 is 2.52 bits per heavy atom. The Bertz CT molecular complexity index is 576. The van der Waals surface area contributed by atoms with Crippen LogP contribution in [0.1, 0.15) is 32.1 Å². The van der Waals surface area contributed by atoms with Crippen molar-refractivity contribution in [2.24, 2.45) is 5.73 Å². The molecule has 0 bridgehead atoms. The summed E-state index contributed by atoms with van der Waals surface area (Å²) in [6.45, 7) is 4.53. The molecule has 1 rings (SSSR count). The van der Waals surface area contributed by atoms with Crippen LogP contribution < -0.4 is 21.9 Å². The van der Waals surface area contributed by atoms with Gasteiger partial charge in [0.1, 0.15) is 5.69 Å². The molecule has 1 amide bonds. The number of carbonyl (C=O) groups excluding carboxylic acids is 1. The molecule has 0 aliphatic heterocycles. The van der Waals surface area contributed by atoms with Crippen LogP contribution in [0.15, 0.2) is 28.4 Å². The molecule has 7 heteroatoms. The van der Waals surface area contributed by atoms with E-state index in [0.29, 0.717) is 13.1 Å². The largest absolute Gasteiger partial charge is 0.330 e. The fourth-order valence-electron chi connectivity index (χ4n) is 2.01. The number of unbranched alkanes of at least 4 members (excludes halogenated alkanes) is 4. The smallest absolute Gasteiger partial charge is 0.325 e. The van der Waals surface area contributed by atoms with E-state index in [9.17, 15) is 14.4 Å². The molecule has 21 heavy (non-hydrogen) atoms. The van der Waals surface area contributed by atoms with Gasteiger partial charge in [0, 0.05) is 12.7 Å². The number of anilines is 1. The Kier molecular flexibility index (Phi) is 7.17. The topological polar surface area (TPSA) is 112 Å². The van der Waals surface area contributed by atoms with Crippen molar-refractivity contribution in [3.05, 3.63) is 39.7 Å². The summed E-state index contributed by atoms with van der Waals surface area (Å²) in [5.74, 6) is -0.366. The first kappa shape index (κ1) is 16.9. The zero-order valence-electron chi connectivity index (χ0n) is 12.1. The normalized spacial score (nSPS) is 10.3. The number of nitrogens with two attached hydrogens (primary N) is 1. The molecule has 116 valence electrons. The number of hydrogen-bond acceptors (Lipinski definition) is 4. The second-order valence-electron chi connectivity index (χ2n) is 4.71. The van der Waals surface area contributed by atoms with E-state index < -0.39 is 11.2 Å². The molecule has 0 aliphatic rings. The van der Waals surface area contributed by atoms with Gasteiger partial charge in [0.05, 0.1) is 0 Å². The molecular weight excluding hydrogens is 272 g/mol. The molecule has 0 radical (unpaired) electrons. The number of aromatic nitrogens is 2. The van der Waals surface area contributed by atoms with Gasteiger partial charge in [-0.15, -0.1) is 0 Å². The fourth-order valence-corrected chi connectivity index (χ4v) is 2.01. The Balaban J connectivity index is 2.68. The van der Waals surface area contributed by atoms with Gasteiger partial charge < -0.3 is 15.6 Å². The van der Waals surface area contributed by atoms with Crippen molar-refractivity contribution < 1.29 is 4.79 Å². The summed E-state index contributed by atoms with van der Waals surface area (Å²) in [6.07, 6.45) is 7.20. The molecule has 0 fully saturated rings. The van der Waals surface area contributed by atoms with Gasteiger partial charge in [0.15, 0.2) is 0 Å². The molecule has 1 heterocycles. The lowest BCUT2D eigenvalue weighted by Gasteiger charge is -2.19. The summed E-state index contributed by atoms with van der Waals surface area (Å²) < 4.78 is 0. The molecule has 0 aromatic carbocycles. The minimum absolute atomic E-state index is 0.126. The van der Waals surface area contributed by atoms with Gasteiger partial charge in [0.25, 0.3) is 11.5 Å². The highest BCUT2D eigenvalue weighted by atomic mass is 16.2. The van der Waals surface area contributed by atoms with Crippen molar-refractivity contribution in [3.63, 3.8) is 0 Å². The van der Waals surface area contributed by atoms with Crippen LogP contribution in [0.3, 0.4) is 0 Å². The Hall–Kier alpha value is -2.15. The summed E-state index contributed by atoms with van der Waals surface area (Å²) in [5.41, 5.74) is 4.36. The van der Waals surface area contributed by atoms with Crippen LogP contribution in [0.5, 0.6) is 0 Å². The van der Waals surface area contributed by atoms with E-state index in [2.05, 4.69) is 16.5 Å². The van der Waals surface area contributed by atoms with Crippen LogP contribution in [0, 0.1) is 0 Å². The molecule has 1 aromatic heterocycles. The van der Waals surface area contributed by atoms with E-state index in [1.54, 1.807) is 0 Å². The SMILES string of the molecule is C=CC(=O)N(CCCCCCCN)c1c[nH]c(=O)[nH]c1=O. The van der Waals surface area contributed by atoms with Crippen LogP contribution in [-0.2, 0) is 4.79 Å². The minimum atomic E-state index is -0.600. The van der Waals surface area contributed by atoms with E-state index in [1.165, 1.54) is 11.1 Å². The minimum Gasteiger partial charge on any atom is -0.330 e. The van der Waals surface area contributed by atoms with Crippen molar-refractivity contribution in [1.82, 2.24) is 9.97 Å². The monoisotopic (exact) mass is 294 g/mol. The lowest BCUT2D eigenvalue weighted by molar-refractivity contribution is -0.114. The van der Waals surface area contributed by atoms with E-state index >= 15 is 0 Å². The van der Waals surface area contributed by atoms with Crippen LogP contribution in [-0.4, -0.2) is 29.0 Å². The van der Waals surface area contributed by atoms with E-state index in [-0.39, 0.29) is 11.6 Å². The Morgan fingerprint density at radius 2 is 1.90 bits per heavy atom. The number of hydrogen-bond donors (Lipinski definition) is 3. The fraction of sp³-hybridized carbons (Fsp3) is 0.500. The summed E-state index contributed by atoms with van der Waals surface area (Å²) in [7, 11) is 0. The zero-order valence-corrected chi connectivity index (χ0v) is 12.1. The predicted molar refractivity (Wildman–Crippen MR) is 82.4 cm³/mol. The van der Waals surface area contributed by atoms with Crippen LogP contribution in [0.2, 0.25) is 0 Å². The maximum Gasteiger partial charge on any atom is 0.325 e. The van der Waals surface area contributed by atoms with Crippen molar-refractivity contribution >= 4 is 11.6 Å². The average molecular weight is 294 g/mol. The van der Waals surface area contributed by atoms with Gasteiger partial charge in [-0.05, 0) is 25.5 Å². The molecule has 0 spiro atoms. The van der Waals surface area contributed by atoms with Crippen molar-refractivity contribution in [2.45, 2.75) is 32.1 Å². The first-order chi connectivity index (χ1) is 10.1. The van der Waals surface area contributed by atoms with Crippen LogP contribution in [0.25, 0.3) is 0 Å². The molecule has 0 atom stereocenters. The molecule has 1 aromatic rings. The van der Waals surface area contributed by atoms with E-state index in [0.717, 1.165) is 38.2 Å². The van der Waals surface area contributed by atoms with E-state index in [1.807, 2.05) is 0 Å². The number of rotatable bonds is 9. The number of nitrogens with zero attached hydrogens (tertiary/aromatic N) is 1. The molecule has 4 N–H and O–H groups in total.